The number of aromatic carboxylic acids is 1. The van der Waals surface area contributed by atoms with E-state index >= 15 is 0 Å². The summed E-state index contributed by atoms with van der Waals surface area (Å²) < 4.78 is 0. The summed E-state index contributed by atoms with van der Waals surface area (Å²) in [4.78, 5) is 31.1. The van der Waals surface area contributed by atoms with Gasteiger partial charge in [0.05, 0.1) is 19.8 Å². The molecular weight excluding hydrogens is 636 g/mol. The molecule has 0 unspecified atom stereocenters. The first-order chi connectivity index (χ1) is 25.0. The molecule has 0 atom stereocenters. The third kappa shape index (κ3) is 7.58. The van der Waals surface area contributed by atoms with E-state index in [2.05, 4.69) is 91.0 Å². The molecule has 6 heteroatoms. The van der Waals surface area contributed by atoms with E-state index in [1.165, 1.54) is 14.2 Å². The predicted molar refractivity (Wildman–Crippen MR) is 201 cm³/mol. The van der Waals surface area contributed by atoms with Gasteiger partial charge in [0.1, 0.15) is 0 Å². The number of carboxylic acids is 1. The molecule has 0 aliphatic rings. The number of benzene rings is 7. The van der Waals surface area contributed by atoms with E-state index in [4.69, 9.17) is 19.6 Å². The lowest BCUT2D eigenvalue weighted by atomic mass is 9.91. The zero-order valence-electron chi connectivity index (χ0n) is 28.1. The van der Waals surface area contributed by atoms with Crippen LogP contribution < -0.4 is 9.78 Å². The van der Waals surface area contributed by atoms with Crippen molar-refractivity contribution in [2.75, 3.05) is 14.2 Å². The molecule has 0 bridgehead atoms. The maximum Gasteiger partial charge on any atom is 0.335 e. The van der Waals surface area contributed by atoms with Crippen LogP contribution in [0.5, 0.6) is 11.5 Å². The van der Waals surface area contributed by atoms with Crippen molar-refractivity contribution >= 4 is 5.97 Å². The van der Waals surface area contributed by atoms with Crippen LogP contribution in [-0.2, 0) is 9.78 Å². The Morgan fingerprint density at radius 2 is 0.569 bits per heavy atom. The molecule has 0 radical (unpaired) electrons. The van der Waals surface area contributed by atoms with Crippen molar-refractivity contribution in [1.82, 2.24) is 0 Å². The zero-order valence-corrected chi connectivity index (χ0v) is 28.1. The topological polar surface area (TPSA) is 74.2 Å². The second kappa shape index (κ2) is 15.0. The predicted octanol–water partition coefficient (Wildman–Crippen LogP) is 11.3. The standard InChI is InChI=1S/C45H34O6/c1-48-50-43-23-19-34(20-24-43)31-5-11-37(12-6-31)41-27-40(36-9-3-30(4-10-36)33-15-17-39(18-16-33)45(46)47)28-42(29-41)38-13-7-32(8-14-38)35-21-25-44(26-22-35)51-49-2/h3-29H,1-2H3,(H,46,47). The normalized spacial score (nSPS) is 10.9. The van der Waals surface area contributed by atoms with Crippen LogP contribution in [0.25, 0.3) is 66.8 Å². The highest BCUT2D eigenvalue weighted by Crippen LogP contribution is 2.36. The van der Waals surface area contributed by atoms with Crippen LogP contribution in [0.15, 0.2) is 164 Å². The van der Waals surface area contributed by atoms with Crippen molar-refractivity contribution in [3.63, 3.8) is 0 Å². The summed E-state index contributed by atoms with van der Waals surface area (Å²) >= 11 is 0. The van der Waals surface area contributed by atoms with E-state index in [1.54, 1.807) is 12.1 Å². The summed E-state index contributed by atoms with van der Waals surface area (Å²) in [5.74, 6) is 0.359. The van der Waals surface area contributed by atoms with Gasteiger partial charge >= 0.3 is 5.97 Å². The molecule has 0 saturated carbocycles. The van der Waals surface area contributed by atoms with Gasteiger partial charge in [-0.3, -0.25) is 0 Å². The number of rotatable bonds is 11. The number of hydrogen-bond donors (Lipinski definition) is 1. The van der Waals surface area contributed by atoms with Gasteiger partial charge in [-0.15, -0.1) is 0 Å². The van der Waals surface area contributed by atoms with Crippen LogP contribution in [-0.4, -0.2) is 25.3 Å². The van der Waals surface area contributed by atoms with Gasteiger partial charge in [0.25, 0.3) is 0 Å². The van der Waals surface area contributed by atoms with Crippen LogP contribution in [0.1, 0.15) is 10.4 Å². The number of hydrogen-bond acceptors (Lipinski definition) is 5. The maximum atomic E-state index is 11.3. The van der Waals surface area contributed by atoms with Gasteiger partial charge in [-0.05, 0) is 121 Å². The maximum absolute atomic E-state index is 11.3. The lowest BCUT2D eigenvalue weighted by molar-refractivity contribution is -0.178. The summed E-state index contributed by atoms with van der Waals surface area (Å²) in [6.45, 7) is 0. The Kier molecular flexibility index (Phi) is 9.70. The van der Waals surface area contributed by atoms with Crippen molar-refractivity contribution in [2.45, 2.75) is 0 Å². The summed E-state index contributed by atoms with van der Waals surface area (Å²) in [5.41, 5.74) is 13.2. The van der Waals surface area contributed by atoms with E-state index in [-0.39, 0.29) is 5.56 Å². The van der Waals surface area contributed by atoms with Gasteiger partial charge < -0.3 is 14.9 Å². The Bertz CT molecular complexity index is 2130. The fourth-order valence-corrected chi connectivity index (χ4v) is 6.10. The molecule has 250 valence electrons. The molecule has 0 spiro atoms. The molecule has 0 fully saturated rings. The fourth-order valence-electron chi connectivity index (χ4n) is 6.10. The number of carboxylic acid groups (broad SMARTS) is 1. The van der Waals surface area contributed by atoms with E-state index in [1.807, 2.05) is 60.7 Å². The van der Waals surface area contributed by atoms with Crippen LogP contribution in [0.2, 0.25) is 0 Å². The Balaban J connectivity index is 1.23. The number of carbonyl (C=O) groups is 1. The SMILES string of the molecule is COOc1ccc(-c2ccc(-c3cc(-c4ccc(-c5ccc(OOC)cc5)cc4)cc(-c4ccc(-c5ccc(C(=O)O)cc5)cc4)c3)cc2)cc1. The monoisotopic (exact) mass is 670 g/mol. The Morgan fingerprint density at radius 3 is 0.804 bits per heavy atom. The van der Waals surface area contributed by atoms with E-state index in [0.717, 1.165) is 66.8 Å². The van der Waals surface area contributed by atoms with Crippen molar-refractivity contribution in [3.8, 4) is 78.3 Å². The minimum absolute atomic E-state index is 0.268. The molecule has 51 heavy (non-hydrogen) atoms. The largest absolute Gasteiger partial charge is 0.478 e. The molecule has 7 aromatic rings. The summed E-state index contributed by atoms with van der Waals surface area (Å²) in [5, 5.41) is 9.28. The first-order valence-electron chi connectivity index (χ1n) is 16.4. The minimum Gasteiger partial charge on any atom is -0.478 e. The quantitative estimate of drug-likeness (QED) is 0.109. The molecule has 0 amide bonds. The lowest BCUT2D eigenvalue weighted by Gasteiger charge is -2.13. The third-order valence-corrected chi connectivity index (χ3v) is 8.79. The van der Waals surface area contributed by atoms with Gasteiger partial charge in [0, 0.05) is 0 Å². The summed E-state index contributed by atoms with van der Waals surface area (Å²) in [7, 11) is 2.97. The summed E-state index contributed by atoms with van der Waals surface area (Å²) in [6.07, 6.45) is 0. The first kappa shape index (κ1) is 33.0. The van der Waals surface area contributed by atoms with Crippen molar-refractivity contribution in [1.29, 1.82) is 0 Å². The molecular formula is C45H34O6. The molecule has 0 saturated heterocycles. The highest BCUT2D eigenvalue weighted by atomic mass is 17.2. The highest BCUT2D eigenvalue weighted by Gasteiger charge is 2.11. The second-order valence-corrected chi connectivity index (χ2v) is 12.0. The van der Waals surface area contributed by atoms with Gasteiger partial charge in [0.2, 0.25) is 0 Å². The molecule has 1 N–H and O–H groups in total. The smallest absolute Gasteiger partial charge is 0.335 e. The van der Waals surface area contributed by atoms with E-state index < -0.39 is 5.97 Å². The van der Waals surface area contributed by atoms with Crippen molar-refractivity contribution < 1.29 is 29.5 Å². The third-order valence-electron chi connectivity index (χ3n) is 8.79. The molecule has 0 heterocycles. The Hall–Kier alpha value is -6.47. The molecule has 0 aliphatic heterocycles. The highest BCUT2D eigenvalue weighted by molar-refractivity contribution is 5.88. The molecule has 0 aliphatic carbocycles. The molecule has 7 aromatic carbocycles. The fraction of sp³-hybridized carbons (Fsp3) is 0.0444. The minimum atomic E-state index is -0.935. The van der Waals surface area contributed by atoms with Crippen LogP contribution in [0.3, 0.4) is 0 Å². The first-order valence-corrected chi connectivity index (χ1v) is 16.4. The van der Waals surface area contributed by atoms with E-state index in [9.17, 15) is 9.90 Å². The summed E-state index contributed by atoms with van der Waals surface area (Å²) in [6, 6.07) is 54.8. The van der Waals surface area contributed by atoms with Gasteiger partial charge in [-0.1, -0.05) is 109 Å². The van der Waals surface area contributed by atoms with Gasteiger partial charge in [0.15, 0.2) is 11.5 Å². The van der Waals surface area contributed by atoms with Crippen molar-refractivity contribution in [3.05, 3.63) is 169 Å². The molecule has 7 rings (SSSR count). The average molecular weight is 671 g/mol. The van der Waals surface area contributed by atoms with Gasteiger partial charge in [-0.2, -0.15) is 9.78 Å². The second-order valence-electron chi connectivity index (χ2n) is 12.0. The van der Waals surface area contributed by atoms with E-state index in [0.29, 0.717) is 11.5 Å². The molecule has 6 nitrogen and oxygen atoms in total. The average Bonchev–Trinajstić information content (AvgIpc) is 3.19. The Labute approximate surface area is 296 Å². The lowest BCUT2D eigenvalue weighted by Crippen LogP contribution is -1.94. The Morgan fingerprint density at radius 1 is 0.353 bits per heavy atom. The van der Waals surface area contributed by atoms with Crippen LogP contribution in [0.4, 0.5) is 0 Å². The van der Waals surface area contributed by atoms with Crippen LogP contribution in [0, 0.1) is 0 Å². The van der Waals surface area contributed by atoms with Crippen molar-refractivity contribution in [2.24, 2.45) is 0 Å². The zero-order chi connectivity index (χ0) is 35.2. The van der Waals surface area contributed by atoms with Gasteiger partial charge in [-0.25, -0.2) is 4.79 Å². The molecule has 0 aromatic heterocycles. The van der Waals surface area contributed by atoms with Crippen LogP contribution >= 0.6 is 0 Å².